The van der Waals surface area contributed by atoms with Gasteiger partial charge in [0.2, 0.25) is 0 Å². The van der Waals surface area contributed by atoms with Gasteiger partial charge in [-0.15, -0.1) is 0 Å². The van der Waals surface area contributed by atoms with E-state index in [-0.39, 0.29) is 11.1 Å². The van der Waals surface area contributed by atoms with Crippen LogP contribution >= 0.6 is 11.6 Å². The number of fused-ring (bicyclic) bond motifs is 1. The van der Waals surface area contributed by atoms with E-state index in [0.717, 1.165) is 31.1 Å². The summed E-state index contributed by atoms with van der Waals surface area (Å²) in [5.74, 6) is 1.81. The number of piperazine rings is 1. The van der Waals surface area contributed by atoms with Gasteiger partial charge in [-0.25, -0.2) is 0 Å². The van der Waals surface area contributed by atoms with Gasteiger partial charge in [0.1, 0.15) is 13.2 Å². The summed E-state index contributed by atoms with van der Waals surface area (Å²) in [4.78, 5) is 16.5. The second-order valence-corrected chi connectivity index (χ2v) is 6.52. The Hall–Kier alpha value is -2.18. The fraction of sp³-hybridized carbons (Fsp3) is 0.389. The Kier molecular flexibility index (Phi) is 4.55. The van der Waals surface area contributed by atoms with Gasteiger partial charge in [0.25, 0.3) is 5.91 Å². The molecule has 4 rings (SSSR count). The van der Waals surface area contributed by atoms with E-state index in [1.165, 1.54) is 5.56 Å². The molecule has 0 radical (unpaired) electrons. The molecule has 0 spiro atoms. The molecule has 1 saturated heterocycles. The minimum absolute atomic E-state index is 0.106. The molecule has 7 heteroatoms. The third-order valence-corrected chi connectivity index (χ3v) is 4.66. The highest BCUT2D eigenvalue weighted by molar-refractivity contribution is 6.29. The first-order chi connectivity index (χ1) is 12.2. The summed E-state index contributed by atoms with van der Waals surface area (Å²) in [6.07, 6.45) is 0. The summed E-state index contributed by atoms with van der Waals surface area (Å²) in [5.41, 5.74) is 1.18. The van der Waals surface area contributed by atoms with Crippen molar-refractivity contribution in [3.05, 3.63) is 46.9 Å². The molecule has 2 aromatic rings. The Balaban J connectivity index is 1.34. The molecule has 0 atom stereocenters. The average Bonchev–Trinajstić information content (AvgIpc) is 3.08. The summed E-state index contributed by atoms with van der Waals surface area (Å²) in [6, 6.07) is 9.27. The lowest BCUT2D eigenvalue weighted by Gasteiger charge is -2.34. The van der Waals surface area contributed by atoms with E-state index in [9.17, 15) is 4.79 Å². The van der Waals surface area contributed by atoms with E-state index in [4.69, 9.17) is 25.5 Å². The van der Waals surface area contributed by atoms with E-state index in [0.29, 0.717) is 32.1 Å². The molecule has 0 unspecified atom stereocenters. The van der Waals surface area contributed by atoms with Crippen LogP contribution in [0.25, 0.3) is 0 Å². The summed E-state index contributed by atoms with van der Waals surface area (Å²) in [5, 5.41) is 0.237. The smallest absolute Gasteiger partial charge is 0.289 e. The summed E-state index contributed by atoms with van der Waals surface area (Å²) < 4.78 is 16.4. The van der Waals surface area contributed by atoms with E-state index in [1.807, 2.05) is 12.1 Å². The normalized spacial score (nSPS) is 17.6. The van der Waals surface area contributed by atoms with Crippen molar-refractivity contribution in [2.24, 2.45) is 0 Å². The zero-order valence-corrected chi connectivity index (χ0v) is 14.5. The molecule has 1 amide bonds. The quantitative estimate of drug-likeness (QED) is 0.840. The van der Waals surface area contributed by atoms with Gasteiger partial charge in [-0.1, -0.05) is 6.07 Å². The van der Waals surface area contributed by atoms with Crippen LogP contribution in [0.1, 0.15) is 16.1 Å². The van der Waals surface area contributed by atoms with E-state index >= 15 is 0 Å². The van der Waals surface area contributed by atoms with Crippen molar-refractivity contribution in [3.63, 3.8) is 0 Å². The Bertz CT molecular complexity index is 768. The first kappa shape index (κ1) is 16.3. The summed E-state index contributed by atoms with van der Waals surface area (Å²) in [7, 11) is 0. The lowest BCUT2D eigenvalue weighted by molar-refractivity contribution is 0.0597. The minimum atomic E-state index is -0.106. The van der Waals surface area contributed by atoms with Gasteiger partial charge in [-0.05, 0) is 41.4 Å². The molecule has 25 heavy (non-hydrogen) atoms. The highest BCUT2D eigenvalue weighted by Gasteiger charge is 2.24. The minimum Gasteiger partial charge on any atom is -0.486 e. The number of ether oxygens (including phenoxy) is 2. The van der Waals surface area contributed by atoms with Crippen molar-refractivity contribution in [1.29, 1.82) is 0 Å². The zero-order chi connectivity index (χ0) is 17.2. The number of benzene rings is 1. The molecule has 1 aromatic carbocycles. The maximum Gasteiger partial charge on any atom is 0.289 e. The maximum absolute atomic E-state index is 12.4. The van der Waals surface area contributed by atoms with Crippen LogP contribution in [-0.4, -0.2) is 55.1 Å². The summed E-state index contributed by atoms with van der Waals surface area (Å²) >= 11 is 5.74. The molecular formula is C18H19ClN2O4. The predicted octanol–water partition coefficient (Wildman–Crippen LogP) is 2.66. The molecule has 2 aliphatic rings. The van der Waals surface area contributed by atoms with Crippen molar-refractivity contribution in [2.75, 3.05) is 39.4 Å². The fourth-order valence-corrected chi connectivity index (χ4v) is 3.28. The van der Waals surface area contributed by atoms with Crippen molar-refractivity contribution in [3.8, 4) is 11.5 Å². The van der Waals surface area contributed by atoms with Gasteiger partial charge >= 0.3 is 0 Å². The van der Waals surface area contributed by atoms with Crippen molar-refractivity contribution in [2.45, 2.75) is 6.54 Å². The van der Waals surface area contributed by atoms with Crippen LogP contribution in [0.3, 0.4) is 0 Å². The third-order valence-electron chi connectivity index (χ3n) is 4.46. The first-order valence-corrected chi connectivity index (χ1v) is 8.72. The number of amides is 1. The number of halogens is 1. The third kappa shape index (κ3) is 3.60. The van der Waals surface area contributed by atoms with Crippen LogP contribution in [0.4, 0.5) is 0 Å². The molecule has 0 N–H and O–H groups in total. The zero-order valence-electron chi connectivity index (χ0n) is 13.7. The lowest BCUT2D eigenvalue weighted by atomic mass is 10.1. The average molecular weight is 363 g/mol. The Morgan fingerprint density at radius 3 is 2.48 bits per heavy atom. The van der Waals surface area contributed by atoms with Crippen molar-refractivity contribution >= 4 is 17.5 Å². The van der Waals surface area contributed by atoms with E-state index < -0.39 is 0 Å². The molecule has 2 aliphatic heterocycles. The molecule has 6 nitrogen and oxygen atoms in total. The monoisotopic (exact) mass is 362 g/mol. The molecule has 0 saturated carbocycles. The van der Waals surface area contributed by atoms with E-state index in [1.54, 1.807) is 17.0 Å². The standard InChI is InChI=1S/C18H19ClN2O4/c19-17-4-3-15(25-17)18(22)21-7-5-20(6-8-21)12-13-1-2-14-16(11-13)24-10-9-23-14/h1-4,11H,5-10,12H2. The van der Waals surface area contributed by atoms with Gasteiger partial charge in [0.05, 0.1) is 0 Å². The first-order valence-electron chi connectivity index (χ1n) is 8.34. The topological polar surface area (TPSA) is 55.2 Å². The van der Waals surface area contributed by atoms with Gasteiger partial charge in [0, 0.05) is 32.7 Å². The van der Waals surface area contributed by atoms with Crippen LogP contribution in [0, 0.1) is 0 Å². The predicted molar refractivity (Wildman–Crippen MR) is 92.3 cm³/mol. The van der Waals surface area contributed by atoms with Crippen LogP contribution in [-0.2, 0) is 6.54 Å². The van der Waals surface area contributed by atoms with Crippen LogP contribution < -0.4 is 9.47 Å². The van der Waals surface area contributed by atoms with Crippen LogP contribution in [0.15, 0.2) is 34.7 Å². The highest BCUT2D eigenvalue weighted by Crippen LogP contribution is 2.31. The van der Waals surface area contributed by atoms with Crippen molar-refractivity contribution < 1.29 is 18.7 Å². The van der Waals surface area contributed by atoms with E-state index in [2.05, 4.69) is 11.0 Å². The molecule has 0 aliphatic carbocycles. The molecular weight excluding hydrogens is 344 g/mol. The number of hydrogen-bond donors (Lipinski definition) is 0. The van der Waals surface area contributed by atoms with Gasteiger partial charge in [0.15, 0.2) is 22.5 Å². The number of carbonyl (C=O) groups excluding carboxylic acids is 1. The molecule has 1 fully saturated rings. The number of furan rings is 1. The van der Waals surface area contributed by atoms with Crippen LogP contribution in [0.2, 0.25) is 5.22 Å². The van der Waals surface area contributed by atoms with Gasteiger partial charge in [-0.2, -0.15) is 0 Å². The lowest BCUT2D eigenvalue weighted by Crippen LogP contribution is -2.48. The second-order valence-electron chi connectivity index (χ2n) is 6.15. The van der Waals surface area contributed by atoms with Gasteiger partial charge < -0.3 is 18.8 Å². The second kappa shape index (κ2) is 6.98. The number of carbonyl (C=O) groups is 1. The number of hydrogen-bond acceptors (Lipinski definition) is 5. The van der Waals surface area contributed by atoms with Crippen LogP contribution in [0.5, 0.6) is 11.5 Å². The summed E-state index contributed by atoms with van der Waals surface area (Å²) in [6.45, 7) is 4.98. The fourth-order valence-electron chi connectivity index (χ4n) is 3.14. The Morgan fingerprint density at radius 1 is 1.00 bits per heavy atom. The maximum atomic E-state index is 12.4. The van der Waals surface area contributed by atoms with Gasteiger partial charge in [-0.3, -0.25) is 9.69 Å². The Labute approximate surface area is 150 Å². The van der Waals surface area contributed by atoms with Crippen molar-refractivity contribution in [1.82, 2.24) is 9.80 Å². The number of rotatable bonds is 3. The molecule has 1 aromatic heterocycles. The highest BCUT2D eigenvalue weighted by atomic mass is 35.5. The molecule has 132 valence electrons. The largest absolute Gasteiger partial charge is 0.486 e. The number of nitrogens with zero attached hydrogens (tertiary/aromatic N) is 2. The molecule has 0 bridgehead atoms. The molecule has 3 heterocycles. The SMILES string of the molecule is O=C(c1ccc(Cl)o1)N1CCN(Cc2ccc3c(c2)OCCO3)CC1. The Morgan fingerprint density at radius 2 is 1.76 bits per heavy atom.